The highest BCUT2D eigenvalue weighted by atomic mass is 32.2. The fourth-order valence-corrected chi connectivity index (χ4v) is 4.40. The average Bonchev–Trinajstić information content (AvgIpc) is 3.49. The Balaban J connectivity index is 1.34. The van der Waals surface area contributed by atoms with Gasteiger partial charge in [-0.25, -0.2) is 4.68 Å². The lowest BCUT2D eigenvalue weighted by Crippen LogP contribution is -2.15. The summed E-state index contributed by atoms with van der Waals surface area (Å²) in [5.41, 5.74) is 3.35. The lowest BCUT2D eigenvalue weighted by Gasteiger charge is -2.11. The topological polar surface area (TPSA) is 99.8 Å². The highest BCUT2D eigenvalue weighted by Crippen LogP contribution is 2.24. The number of thioether (sulfide) groups is 1. The van der Waals surface area contributed by atoms with Crippen molar-refractivity contribution in [3.63, 3.8) is 0 Å². The molecule has 0 saturated carbocycles. The molecule has 1 amide bonds. The summed E-state index contributed by atoms with van der Waals surface area (Å²) in [6.45, 7) is 2.92. The number of benzene rings is 3. The SMILES string of the molecule is CCOc1ccc(NC(=O)CSc2nnc(Cn3nnc4ccccc43)n2-c2ccccc2)cc1. The zero-order valence-electron chi connectivity index (χ0n) is 19.0. The molecule has 2 aromatic heterocycles. The molecule has 0 aliphatic carbocycles. The van der Waals surface area contributed by atoms with Crippen LogP contribution in [0.5, 0.6) is 5.75 Å². The Bertz CT molecular complexity index is 1430. The lowest BCUT2D eigenvalue weighted by atomic mass is 10.3. The van der Waals surface area contributed by atoms with Crippen LogP contribution in [0.3, 0.4) is 0 Å². The second kappa shape index (κ2) is 10.4. The normalized spacial score (nSPS) is 11.0. The van der Waals surface area contributed by atoms with Gasteiger partial charge in [0.1, 0.15) is 17.8 Å². The van der Waals surface area contributed by atoms with Crippen LogP contribution in [0.1, 0.15) is 12.7 Å². The molecule has 0 atom stereocenters. The molecule has 2 heterocycles. The maximum Gasteiger partial charge on any atom is 0.234 e. The van der Waals surface area contributed by atoms with Crippen LogP contribution in [0.25, 0.3) is 16.7 Å². The van der Waals surface area contributed by atoms with Crippen molar-refractivity contribution in [1.29, 1.82) is 0 Å². The van der Waals surface area contributed by atoms with Gasteiger partial charge in [-0.05, 0) is 55.5 Å². The van der Waals surface area contributed by atoms with E-state index in [1.165, 1.54) is 11.8 Å². The van der Waals surface area contributed by atoms with Crippen LogP contribution in [-0.4, -0.2) is 48.0 Å². The third kappa shape index (κ3) is 5.17. The van der Waals surface area contributed by atoms with Gasteiger partial charge in [-0.2, -0.15) is 0 Å². The molecule has 0 aliphatic heterocycles. The fourth-order valence-electron chi connectivity index (χ4n) is 3.63. The third-order valence-electron chi connectivity index (χ3n) is 5.21. The Labute approximate surface area is 206 Å². The summed E-state index contributed by atoms with van der Waals surface area (Å²) in [7, 11) is 0. The van der Waals surface area contributed by atoms with Crippen LogP contribution in [0.4, 0.5) is 5.69 Å². The van der Waals surface area contributed by atoms with Crippen molar-refractivity contribution in [2.75, 3.05) is 17.7 Å². The first kappa shape index (κ1) is 22.6. The number of aromatic nitrogens is 6. The van der Waals surface area contributed by atoms with E-state index < -0.39 is 0 Å². The number of rotatable bonds is 9. The van der Waals surface area contributed by atoms with E-state index in [2.05, 4.69) is 25.8 Å². The number of carbonyl (C=O) groups is 1. The van der Waals surface area contributed by atoms with Crippen molar-refractivity contribution >= 4 is 34.4 Å². The van der Waals surface area contributed by atoms with E-state index in [4.69, 9.17) is 4.74 Å². The smallest absolute Gasteiger partial charge is 0.234 e. The monoisotopic (exact) mass is 485 g/mol. The molecule has 0 bridgehead atoms. The van der Waals surface area contributed by atoms with Gasteiger partial charge in [0.15, 0.2) is 11.0 Å². The first-order valence-corrected chi connectivity index (χ1v) is 12.1. The molecule has 5 aromatic rings. The molecule has 35 heavy (non-hydrogen) atoms. The summed E-state index contributed by atoms with van der Waals surface area (Å²) in [6.07, 6.45) is 0. The molecule has 0 radical (unpaired) electrons. The molecule has 9 nitrogen and oxygen atoms in total. The van der Waals surface area contributed by atoms with Gasteiger partial charge in [-0.1, -0.05) is 47.3 Å². The van der Waals surface area contributed by atoms with Gasteiger partial charge in [0, 0.05) is 11.4 Å². The predicted octanol–water partition coefficient (Wildman–Crippen LogP) is 4.19. The van der Waals surface area contributed by atoms with E-state index in [9.17, 15) is 4.79 Å². The van der Waals surface area contributed by atoms with Gasteiger partial charge in [0.2, 0.25) is 5.91 Å². The molecular weight excluding hydrogens is 462 g/mol. The maximum absolute atomic E-state index is 12.6. The van der Waals surface area contributed by atoms with Gasteiger partial charge in [-0.15, -0.1) is 15.3 Å². The predicted molar refractivity (Wildman–Crippen MR) is 135 cm³/mol. The highest BCUT2D eigenvalue weighted by molar-refractivity contribution is 7.99. The van der Waals surface area contributed by atoms with Crippen molar-refractivity contribution < 1.29 is 9.53 Å². The van der Waals surface area contributed by atoms with Crippen molar-refractivity contribution in [2.45, 2.75) is 18.6 Å². The molecule has 3 aromatic carbocycles. The number of hydrogen-bond acceptors (Lipinski definition) is 7. The van der Waals surface area contributed by atoms with Gasteiger partial charge in [0.05, 0.1) is 17.9 Å². The summed E-state index contributed by atoms with van der Waals surface area (Å²) in [4.78, 5) is 12.6. The number of nitrogens with one attached hydrogen (secondary N) is 1. The van der Waals surface area contributed by atoms with Gasteiger partial charge >= 0.3 is 0 Å². The Morgan fingerprint density at radius 1 is 0.943 bits per heavy atom. The molecule has 0 aliphatic rings. The van der Waals surface area contributed by atoms with Crippen LogP contribution in [-0.2, 0) is 11.3 Å². The van der Waals surface area contributed by atoms with Gasteiger partial charge in [-0.3, -0.25) is 9.36 Å². The van der Waals surface area contributed by atoms with E-state index in [0.29, 0.717) is 29.8 Å². The van der Waals surface area contributed by atoms with E-state index in [1.807, 2.05) is 90.4 Å². The molecule has 1 N–H and O–H groups in total. The molecule has 0 fully saturated rings. The quantitative estimate of drug-likeness (QED) is 0.313. The molecule has 10 heteroatoms. The third-order valence-corrected chi connectivity index (χ3v) is 6.14. The summed E-state index contributed by atoms with van der Waals surface area (Å²) >= 11 is 1.32. The first-order chi connectivity index (χ1) is 17.2. The minimum Gasteiger partial charge on any atom is -0.494 e. The van der Waals surface area contributed by atoms with E-state index in [1.54, 1.807) is 4.68 Å². The number of ether oxygens (including phenoxy) is 1. The van der Waals surface area contributed by atoms with Crippen molar-refractivity contribution in [1.82, 2.24) is 29.8 Å². The Hall–Kier alpha value is -4.18. The number of carbonyl (C=O) groups excluding carboxylic acids is 1. The number of amides is 1. The Morgan fingerprint density at radius 2 is 1.71 bits per heavy atom. The molecular formula is C25H23N7O2S. The Morgan fingerprint density at radius 3 is 2.51 bits per heavy atom. The zero-order chi connectivity index (χ0) is 24.0. The molecule has 176 valence electrons. The van der Waals surface area contributed by atoms with E-state index in [0.717, 1.165) is 22.5 Å². The average molecular weight is 486 g/mol. The van der Waals surface area contributed by atoms with E-state index in [-0.39, 0.29) is 11.7 Å². The second-order valence-electron chi connectivity index (χ2n) is 7.60. The van der Waals surface area contributed by atoms with Crippen molar-refractivity contribution in [3.05, 3.63) is 84.7 Å². The largest absolute Gasteiger partial charge is 0.494 e. The maximum atomic E-state index is 12.6. The number of nitrogens with zero attached hydrogens (tertiary/aromatic N) is 6. The fraction of sp³-hybridized carbons (Fsp3) is 0.160. The van der Waals surface area contributed by atoms with Crippen LogP contribution in [0.2, 0.25) is 0 Å². The molecule has 0 spiro atoms. The van der Waals surface area contributed by atoms with Gasteiger partial charge < -0.3 is 10.1 Å². The highest BCUT2D eigenvalue weighted by Gasteiger charge is 2.17. The second-order valence-corrected chi connectivity index (χ2v) is 8.54. The molecule has 5 rings (SSSR count). The van der Waals surface area contributed by atoms with E-state index >= 15 is 0 Å². The van der Waals surface area contributed by atoms with Gasteiger partial charge in [0.25, 0.3) is 0 Å². The van der Waals surface area contributed by atoms with Crippen molar-refractivity contribution in [3.8, 4) is 11.4 Å². The summed E-state index contributed by atoms with van der Waals surface area (Å²) in [5.74, 6) is 1.51. The minimum atomic E-state index is -0.134. The number of fused-ring (bicyclic) bond motifs is 1. The Kier molecular flexibility index (Phi) is 6.71. The lowest BCUT2D eigenvalue weighted by molar-refractivity contribution is -0.113. The summed E-state index contributed by atoms with van der Waals surface area (Å²) in [5, 5.41) is 20.8. The zero-order valence-corrected chi connectivity index (χ0v) is 19.9. The van der Waals surface area contributed by atoms with Crippen LogP contribution in [0.15, 0.2) is 84.0 Å². The summed E-state index contributed by atoms with van der Waals surface area (Å²) < 4.78 is 9.19. The number of hydrogen-bond donors (Lipinski definition) is 1. The van der Waals surface area contributed by atoms with Crippen LogP contribution >= 0.6 is 11.8 Å². The minimum absolute atomic E-state index is 0.134. The van der Waals surface area contributed by atoms with Crippen LogP contribution in [0, 0.1) is 0 Å². The molecule has 0 unspecified atom stereocenters. The number of para-hydroxylation sites is 2. The van der Waals surface area contributed by atoms with Crippen molar-refractivity contribution in [2.24, 2.45) is 0 Å². The van der Waals surface area contributed by atoms with Crippen LogP contribution < -0.4 is 10.1 Å². The first-order valence-electron chi connectivity index (χ1n) is 11.1. The molecule has 0 saturated heterocycles. The number of anilines is 1. The standard InChI is InChI=1S/C25H23N7O2S/c1-2-34-20-14-12-18(13-15-20)26-24(33)17-35-25-29-28-23(32(25)19-8-4-3-5-9-19)16-31-22-11-7-6-10-21(22)27-30-31/h3-15H,2,16-17H2,1H3,(H,26,33). The summed E-state index contributed by atoms with van der Waals surface area (Å²) in [6, 6.07) is 24.9.